The Bertz CT molecular complexity index is 785. The zero-order valence-corrected chi connectivity index (χ0v) is 14.9. The second-order valence-electron chi connectivity index (χ2n) is 5.83. The molecule has 9 heteroatoms. The SMILES string of the molecule is CC(C)C(Sc1n[nH]c(=O)n1CCc1ccccc1)C(=O)NC(N)=O. The maximum atomic E-state index is 12.1. The predicted octanol–water partition coefficient (Wildman–Crippen LogP) is 1.13. The number of thioether (sulfide) groups is 1. The third kappa shape index (κ3) is 5.21. The van der Waals surface area contributed by atoms with Gasteiger partial charge in [0.1, 0.15) is 0 Å². The quantitative estimate of drug-likeness (QED) is 0.636. The van der Waals surface area contributed by atoms with Crippen LogP contribution in [0.1, 0.15) is 19.4 Å². The van der Waals surface area contributed by atoms with Crippen LogP contribution in [0.25, 0.3) is 0 Å². The molecule has 0 aliphatic heterocycles. The van der Waals surface area contributed by atoms with Crippen LogP contribution in [-0.2, 0) is 17.8 Å². The van der Waals surface area contributed by atoms with Gasteiger partial charge in [-0.05, 0) is 17.9 Å². The van der Waals surface area contributed by atoms with Crippen LogP contribution in [0.3, 0.4) is 0 Å². The van der Waals surface area contributed by atoms with Crippen LogP contribution in [-0.4, -0.2) is 32.0 Å². The number of nitrogens with one attached hydrogen (secondary N) is 2. The smallest absolute Gasteiger partial charge is 0.343 e. The van der Waals surface area contributed by atoms with E-state index in [0.717, 1.165) is 17.3 Å². The molecule has 25 heavy (non-hydrogen) atoms. The van der Waals surface area contributed by atoms with Crippen molar-refractivity contribution in [3.8, 4) is 0 Å². The molecule has 0 radical (unpaired) electrons. The maximum absolute atomic E-state index is 12.1. The Balaban J connectivity index is 2.14. The third-order valence-corrected chi connectivity index (χ3v) is 5.07. The zero-order valence-electron chi connectivity index (χ0n) is 14.1. The van der Waals surface area contributed by atoms with Crippen LogP contribution in [0.15, 0.2) is 40.3 Å². The van der Waals surface area contributed by atoms with Gasteiger partial charge in [-0.25, -0.2) is 14.7 Å². The summed E-state index contributed by atoms with van der Waals surface area (Å²) < 4.78 is 1.49. The van der Waals surface area contributed by atoms with Crippen molar-refractivity contribution < 1.29 is 9.59 Å². The third-order valence-electron chi connectivity index (χ3n) is 3.53. The van der Waals surface area contributed by atoms with Crippen LogP contribution in [0.5, 0.6) is 0 Å². The molecule has 1 heterocycles. The van der Waals surface area contributed by atoms with Crippen LogP contribution in [0.2, 0.25) is 0 Å². The average molecular weight is 363 g/mol. The normalized spacial score (nSPS) is 12.1. The van der Waals surface area contributed by atoms with E-state index >= 15 is 0 Å². The van der Waals surface area contributed by atoms with Gasteiger partial charge in [-0.3, -0.25) is 14.7 Å². The number of hydrogen-bond acceptors (Lipinski definition) is 5. The van der Waals surface area contributed by atoms with E-state index in [1.807, 2.05) is 44.2 Å². The highest BCUT2D eigenvalue weighted by Crippen LogP contribution is 2.26. The molecular formula is C16H21N5O3S. The lowest BCUT2D eigenvalue weighted by Crippen LogP contribution is -2.42. The molecule has 2 rings (SSSR count). The number of aryl methyl sites for hydroxylation is 1. The molecule has 0 saturated heterocycles. The molecule has 4 N–H and O–H groups in total. The van der Waals surface area contributed by atoms with Crippen molar-refractivity contribution in [1.82, 2.24) is 20.1 Å². The molecular weight excluding hydrogens is 342 g/mol. The fraction of sp³-hybridized carbons (Fsp3) is 0.375. The van der Waals surface area contributed by atoms with E-state index in [1.54, 1.807) is 0 Å². The standard InChI is InChI=1S/C16H21N5O3S/c1-10(2)12(13(22)18-14(17)23)25-16-20-19-15(24)21(16)9-8-11-6-4-3-5-7-11/h3-7,10,12H,8-9H2,1-2H3,(H,19,24)(H3,17,18,22,23). The monoisotopic (exact) mass is 363 g/mol. The lowest BCUT2D eigenvalue weighted by molar-refractivity contribution is -0.120. The number of carbonyl (C=O) groups is 2. The van der Waals surface area contributed by atoms with Crippen molar-refractivity contribution >= 4 is 23.7 Å². The number of urea groups is 1. The van der Waals surface area contributed by atoms with Crippen molar-refractivity contribution in [2.45, 2.75) is 37.2 Å². The zero-order chi connectivity index (χ0) is 18.4. The maximum Gasteiger partial charge on any atom is 0.343 e. The molecule has 0 fully saturated rings. The van der Waals surface area contributed by atoms with E-state index in [9.17, 15) is 14.4 Å². The molecule has 0 aliphatic rings. The lowest BCUT2D eigenvalue weighted by atomic mass is 10.1. The summed E-state index contributed by atoms with van der Waals surface area (Å²) in [4.78, 5) is 35.1. The molecule has 1 aromatic carbocycles. The molecule has 0 bridgehead atoms. The van der Waals surface area contributed by atoms with Crippen molar-refractivity contribution in [2.75, 3.05) is 0 Å². The molecule has 3 amide bonds. The molecule has 2 aromatic rings. The first-order valence-electron chi connectivity index (χ1n) is 7.84. The van der Waals surface area contributed by atoms with Gasteiger partial charge in [0, 0.05) is 6.54 Å². The summed E-state index contributed by atoms with van der Waals surface area (Å²) in [6.07, 6.45) is 0.660. The summed E-state index contributed by atoms with van der Waals surface area (Å²) in [6.45, 7) is 4.12. The number of primary amides is 1. The Morgan fingerprint density at radius 2 is 2.00 bits per heavy atom. The van der Waals surface area contributed by atoms with E-state index in [0.29, 0.717) is 18.1 Å². The minimum Gasteiger partial charge on any atom is -0.351 e. The number of nitrogens with two attached hydrogens (primary N) is 1. The van der Waals surface area contributed by atoms with Gasteiger partial charge in [0.15, 0.2) is 5.16 Å². The van der Waals surface area contributed by atoms with Crippen molar-refractivity contribution in [3.05, 3.63) is 46.4 Å². The summed E-state index contributed by atoms with van der Waals surface area (Å²) >= 11 is 1.13. The van der Waals surface area contributed by atoms with Gasteiger partial charge in [0.2, 0.25) is 5.91 Å². The summed E-state index contributed by atoms with van der Waals surface area (Å²) in [5, 5.41) is 8.30. The van der Waals surface area contributed by atoms with E-state index in [4.69, 9.17) is 5.73 Å². The van der Waals surface area contributed by atoms with E-state index in [2.05, 4.69) is 15.5 Å². The molecule has 0 aliphatic carbocycles. The predicted molar refractivity (Wildman–Crippen MR) is 95.2 cm³/mol. The van der Waals surface area contributed by atoms with E-state index in [1.165, 1.54) is 4.57 Å². The number of imide groups is 1. The highest BCUT2D eigenvalue weighted by Gasteiger charge is 2.27. The molecule has 1 atom stereocenters. The topological polar surface area (TPSA) is 123 Å². The van der Waals surface area contributed by atoms with Gasteiger partial charge >= 0.3 is 11.7 Å². The summed E-state index contributed by atoms with van der Waals surface area (Å²) in [6, 6.07) is 8.86. The lowest BCUT2D eigenvalue weighted by Gasteiger charge is -2.18. The second kappa shape index (κ2) is 8.52. The first-order valence-corrected chi connectivity index (χ1v) is 8.72. The highest BCUT2D eigenvalue weighted by atomic mass is 32.2. The molecule has 0 saturated carbocycles. The fourth-order valence-corrected chi connectivity index (χ4v) is 3.34. The Morgan fingerprint density at radius 1 is 1.32 bits per heavy atom. The number of benzene rings is 1. The van der Waals surface area contributed by atoms with Crippen LogP contribution >= 0.6 is 11.8 Å². The highest BCUT2D eigenvalue weighted by molar-refractivity contribution is 8.00. The van der Waals surface area contributed by atoms with Crippen molar-refractivity contribution in [3.63, 3.8) is 0 Å². The molecule has 134 valence electrons. The number of nitrogens with zero attached hydrogens (tertiary/aromatic N) is 2. The van der Waals surface area contributed by atoms with Gasteiger partial charge in [-0.1, -0.05) is 55.9 Å². The number of amides is 3. The Hall–Kier alpha value is -2.55. The van der Waals surface area contributed by atoms with Gasteiger partial charge in [-0.2, -0.15) is 0 Å². The van der Waals surface area contributed by atoms with Gasteiger partial charge < -0.3 is 5.73 Å². The number of H-pyrrole nitrogens is 1. The van der Waals surface area contributed by atoms with Crippen LogP contribution < -0.4 is 16.7 Å². The number of aromatic amines is 1. The van der Waals surface area contributed by atoms with E-state index < -0.39 is 17.2 Å². The van der Waals surface area contributed by atoms with Gasteiger partial charge in [0.05, 0.1) is 5.25 Å². The Kier molecular flexibility index (Phi) is 6.40. The van der Waals surface area contributed by atoms with E-state index in [-0.39, 0.29) is 11.6 Å². The van der Waals surface area contributed by atoms with Crippen LogP contribution in [0, 0.1) is 5.92 Å². The fourth-order valence-electron chi connectivity index (χ4n) is 2.27. The minimum absolute atomic E-state index is 0.0845. The van der Waals surface area contributed by atoms with Crippen molar-refractivity contribution in [2.24, 2.45) is 11.7 Å². The van der Waals surface area contributed by atoms with Crippen LogP contribution in [0.4, 0.5) is 4.79 Å². The molecule has 1 unspecified atom stereocenters. The first kappa shape index (κ1) is 18.8. The Morgan fingerprint density at radius 3 is 2.60 bits per heavy atom. The molecule has 8 nitrogen and oxygen atoms in total. The van der Waals surface area contributed by atoms with Crippen molar-refractivity contribution in [1.29, 1.82) is 0 Å². The number of carbonyl (C=O) groups excluding carboxylic acids is 2. The molecule has 0 spiro atoms. The first-order chi connectivity index (χ1) is 11.9. The second-order valence-corrected chi connectivity index (χ2v) is 6.94. The summed E-state index contributed by atoms with van der Waals surface area (Å²) in [7, 11) is 0. The molecule has 1 aromatic heterocycles. The summed E-state index contributed by atoms with van der Waals surface area (Å²) in [5.74, 6) is -0.587. The number of hydrogen-bond donors (Lipinski definition) is 3. The largest absolute Gasteiger partial charge is 0.351 e. The van der Waals surface area contributed by atoms with Gasteiger partial charge in [-0.15, -0.1) is 5.10 Å². The summed E-state index contributed by atoms with van der Waals surface area (Å²) in [5.41, 5.74) is 5.77. The number of rotatable bonds is 7. The Labute approximate surface area is 149 Å². The van der Waals surface area contributed by atoms with Gasteiger partial charge in [0.25, 0.3) is 0 Å². The average Bonchev–Trinajstić information content (AvgIpc) is 2.90. The minimum atomic E-state index is -0.903. The number of aromatic nitrogens is 3.